The number of hydrogen-bond acceptors (Lipinski definition) is 4. The van der Waals surface area contributed by atoms with E-state index in [-0.39, 0.29) is 29.7 Å². The minimum absolute atomic E-state index is 0.0270. The summed E-state index contributed by atoms with van der Waals surface area (Å²) in [5, 5.41) is 7.48. The van der Waals surface area contributed by atoms with Gasteiger partial charge in [-0.2, -0.15) is 0 Å². The Morgan fingerprint density at radius 1 is 1.03 bits per heavy atom. The summed E-state index contributed by atoms with van der Waals surface area (Å²) in [6.07, 6.45) is 2.86. The zero-order valence-electron chi connectivity index (χ0n) is 18.3. The molecule has 1 aliphatic rings. The highest BCUT2D eigenvalue weighted by molar-refractivity contribution is 5.96. The molecule has 0 saturated carbocycles. The van der Waals surface area contributed by atoms with Crippen molar-refractivity contribution in [2.24, 2.45) is 11.7 Å². The Kier molecular flexibility index (Phi) is 7.45. The molecule has 6 nitrogen and oxygen atoms in total. The molecule has 0 unspecified atom stereocenters. The van der Waals surface area contributed by atoms with Crippen LogP contribution in [0.15, 0.2) is 48.5 Å². The smallest absolute Gasteiger partial charge is 0.306 e. The normalized spacial score (nSPS) is 15.4. The number of amides is 1. The number of likely N-dealkylation sites (tertiary alicyclic amines) is 1. The van der Waals surface area contributed by atoms with Gasteiger partial charge < -0.3 is 15.4 Å². The van der Waals surface area contributed by atoms with Crippen LogP contribution in [0.5, 0.6) is 0 Å². The van der Waals surface area contributed by atoms with Crippen molar-refractivity contribution in [2.45, 2.75) is 45.6 Å². The molecule has 3 N–H and O–H groups in total. The summed E-state index contributed by atoms with van der Waals surface area (Å²) in [6.45, 7) is 5.23. The number of rotatable bonds is 7. The van der Waals surface area contributed by atoms with Crippen molar-refractivity contribution in [3.8, 4) is 11.1 Å². The summed E-state index contributed by atoms with van der Waals surface area (Å²) in [5.74, 6) is 0.217. The van der Waals surface area contributed by atoms with Crippen LogP contribution in [0.1, 0.15) is 55.5 Å². The van der Waals surface area contributed by atoms with Gasteiger partial charge in [0.15, 0.2) is 0 Å². The molecule has 1 aliphatic heterocycles. The molecule has 1 amide bonds. The fourth-order valence-corrected chi connectivity index (χ4v) is 3.76. The maximum absolute atomic E-state index is 12.9. The van der Waals surface area contributed by atoms with E-state index in [9.17, 15) is 9.59 Å². The lowest BCUT2D eigenvalue weighted by Gasteiger charge is -2.32. The van der Waals surface area contributed by atoms with Crippen molar-refractivity contribution in [3.63, 3.8) is 0 Å². The Hall–Kier alpha value is -3.15. The first-order chi connectivity index (χ1) is 14.9. The van der Waals surface area contributed by atoms with Gasteiger partial charge in [-0.1, -0.05) is 43.3 Å². The SMILES string of the molecule is CC[C@H](C)OC(=O)CC1CCN(C(=O)c2ccc(-c3ccc(C(=N)N)cc3)cc2)CC1. The molecule has 0 aromatic heterocycles. The molecule has 2 aromatic rings. The summed E-state index contributed by atoms with van der Waals surface area (Å²) in [5.41, 5.74) is 8.87. The fourth-order valence-electron chi connectivity index (χ4n) is 3.76. The first-order valence-corrected chi connectivity index (χ1v) is 10.9. The number of nitrogen functional groups attached to an aromatic ring is 1. The van der Waals surface area contributed by atoms with E-state index >= 15 is 0 Å². The maximum Gasteiger partial charge on any atom is 0.306 e. The van der Waals surface area contributed by atoms with Crippen LogP contribution in [0.2, 0.25) is 0 Å². The molecule has 1 atom stereocenters. The Morgan fingerprint density at radius 3 is 2.03 bits per heavy atom. The van der Waals surface area contributed by atoms with Crippen molar-refractivity contribution in [1.82, 2.24) is 4.90 Å². The van der Waals surface area contributed by atoms with Crippen LogP contribution < -0.4 is 5.73 Å². The maximum atomic E-state index is 12.9. The molecular formula is C25H31N3O3. The summed E-state index contributed by atoms with van der Waals surface area (Å²) >= 11 is 0. The molecule has 0 spiro atoms. The predicted molar refractivity (Wildman–Crippen MR) is 122 cm³/mol. The number of nitrogens with two attached hydrogens (primary N) is 1. The number of nitrogens with zero attached hydrogens (tertiary/aromatic N) is 1. The van der Waals surface area contributed by atoms with Gasteiger partial charge in [-0.15, -0.1) is 0 Å². The van der Waals surface area contributed by atoms with E-state index in [4.69, 9.17) is 15.9 Å². The zero-order chi connectivity index (χ0) is 22.4. The molecule has 3 rings (SSSR count). The number of benzene rings is 2. The Labute approximate surface area is 183 Å². The molecular weight excluding hydrogens is 390 g/mol. The lowest BCUT2D eigenvalue weighted by Crippen LogP contribution is -2.39. The number of hydrogen-bond donors (Lipinski definition) is 2. The number of nitrogens with one attached hydrogen (secondary N) is 1. The van der Waals surface area contributed by atoms with Gasteiger partial charge in [0.2, 0.25) is 0 Å². The molecule has 31 heavy (non-hydrogen) atoms. The lowest BCUT2D eigenvalue weighted by atomic mass is 9.93. The second-order valence-electron chi connectivity index (χ2n) is 8.22. The minimum Gasteiger partial charge on any atom is -0.463 e. The van der Waals surface area contributed by atoms with Crippen molar-refractivity contribution < 1.29 is 14.3 Å². The molecule has 0 radical (unpaired) electrons. The van der Waals surface area contributed by atoms with E-state index in [0.29, 0.717) is 30.6 Å². The van der Waals surface area contributed by atoms with Crippen molar-refractivity contribution in [2.75, 3.05) is 13.1 Å². The van der Waals surface area contributed by atoms with E-state index in [1.165, 1.54) is 0 Å². The average Bonchev–Trinajstić information content (AvgIpc) is 2.79. The average molecular weight is 422 g/mol. The van der Waals surface area contributed by atoms with Gasteiger partial charge in [0.25, 0.3) is 5.91 Å². The highest BCUT2D eigenvalue weighted by atomic mass is 16.5. The van der Waals surface area contributed by atoms with Gasteiger partial charge in [0.1, 0.15) is 5.84 Å². The van der Waals surface area contributed by atoms with Crippen molar-refractivity contribution in [1.29, 1.82) is 5.41 Å². The van der Waals surface area contributed by atoms with E-state index in [1.807, 2.05) is 67.3 Å². The van der Waals surface area contributed by atoms with E-state index < -0.39 is 0 Å². The number of esters is 1. The van der Waals surface area contributed by atoms with Crippen LogP contribution in [0.4, 0.5) is 0 Å². The van der Waals surface area contributed by atoms with Gasteiger partial charge in [0.05, 0.1) is 6.10 Å². The standard InChI is InChI=1S/C25H31N3O3/c1-3-17(2)31-23(29)16-18-12-14-28(15-13-18)25(30)22-10-6-20(7-11-22)19-4-8-21(9-5-19)24(26)27/h4-11,17-18H,3,12-16H2,1-2H3,(H3,26,27)/t17-/m0/s1. The van der Waals surface area contributed by atoms with Crippen molar-refractivity contribution >= 4 is 17.7 Å². The predicted octanol–water partition coefficient (Wildman–Crippen LogP) is 4.22. The second kappa shape index (κ2) is 10.2. The highest BCUT2D eigenvalue weighted by Crippen LogP contribution is 2.24. The molecule has 2 aromatic carbocycles. The third-order valence-corrected chi connectivity index (χ3v) is 5.93. The molecule has 6 heteroatoms. The topological polar surface area (TPSA) is 96.5 Å². The summed E-state index contributed by atoms with van der Waals surface area (Å²) in [6, 6.07) is 15.1. The summed E-state index contributed by atoms with van der Waals surface area (Å²) < 4.78 is 5.38. The number of amidine groups is 1. The number of carbonyl (C=O) groups is 2. The van der Waals surface area contributed by atoms with Gasteiger partial charge in [-0.3, -0.25) is 15.0 Å². The first kappa shape index (κ1) is 22.5. The first-order valence-electron chi connectivity index (χ1n) is 10.9. The molecule has 0 aliphatic carbocycles. The zero-order valence-corrected chi connectivity index (χ0v) is 18.3. The highest BCUT2D eigenvalue weighted by Gasteiger charge is 2.26. The van der Waals surface area contributed by atoms with Crippen LogP contribution >= 0.6 is 0 Å². The number of piperidine rings is 1. The summed E-state index contributed by atoms with van der Waals surface area (Å²) in [7, 11) is 0. The largest absolute Gasteiger partial charge is 0.463 e. The van der Waals surface area contributed by atoms with Gasteiger partial charge in [-0.25, -0.2) is 0 Å². The van der Waals surface area contributed by atoms with Crippen LogP contribution in [-0.2, 0) is 9.53 Å². The third kappa shape index (κ3) is 5.94. The minimum atomic E-state index is -0.133. The van der Waals surface area contributed by atoms with Crippen LogP contribution in [-0.4, -0.2) is 41.8 Å². The molecule has 0 bridgehead atoms. The molecule has 1 fully saturated rings. The quantitative estimate of drug-likeness (QED) is 0.397. The molecule has 1 heterocycles. The van der Waals surface area contributed by atoms with Crippen LogP contribution in [0.25, 0.3) is 11.1 Å². The number of carbonyl (C=O) groups excluding carboxylic acids is 2. The molecule has 1 saturated heterocycles. The van der Waals surface area contributed by atoms with E-state index in [1.54, 1.807) is 0 Å². The third-order valence-electron chi connectivity index (χ3n) is 5.93. The van der Waals surface area contributed by atoms with E-state index in [2.05, 4.69) is 0 Å². The van der Waals surface area contributed by atoms with Crippen molar-refractivity contribution in [3.05, 3.63) is 59.7 Å². The van der Waals surface area contributed by atoms with Crippen LogP contribution in [0, 0.1) is 11.3 Å². The van der Waals surface area contributed by atoms with E-state index in [0.717, 1.165) is 30.4 Å². The van der Waals surface area contributed by atoms with Gasteiger partial charge >= 0.3 is 5.97 Å². The Morgan fingerprint density at radius 2 is 1.55 bits per heavy atom. The Balaban J connectivity index is 1.54. The fraction of sp³-hybridized carbons (Fsp3) is 0.400. The monoisotopic (exact) mass is 421 g/mol. The molecule has 164 valence electrons. The second-order valence-corrected chi connectivity index (χ2v) is 8.22. The van der Waals surface area contributed by atoms with Crippen LogP contribution in [0.3, 0.4) is 0 Å². The van der Waals surface area contributed by atoms with Gasteiger partial charge in [-0.05, 0) is 55.4 Å². The Bertz CT molecular complexity index is 914. The lowest BCUT2D eigenvalue weighted by molar-refractivity contribution is -0.149. The summed E-state index contributed by atoms with van der Waals surface area (Å²) in [4.78, 5) is 26.7. The number of ether oxygens (including phenoxy) is 1. The van der Waals surface area contributed by atoms with Gasteiger partial charge in [0, 0.05) is 30.6 Å².